The number of hydrogen-bond donors (Lipinski definition) is 1. The summed E-state index contributed by atoms with van der Waals surface area (Å²) in [6, 6.07) is 21.8. The zero-order valence-electron chi connectivity index (χ0n) is 25.1. The Kier molecular flexibility index (Phi) is 11.1. The number of amides is 2. The van der Waals surface area contributed by atoms with Crippen LogP contribution in [-0.4, -0.2) is 63.7 Å². The molecule has 0 radical (unpaired) electrons. The summed E-state index contributed by atoms with van der Waals surface area (Å²) in [5, 5.41) is 2.99. The first-order valence-corrected chi connectivity index (χ1v) is 16.5. The fraction of sp³-hybridized carbons (Fsp3) is 0.394. The largest absolute Gasteiger partial charge is 0.486 e. The Morgan fingerprint density at radius 3 is 2.35 bits per heavy atom. The molecule has 10 heteroatoms. The van der Waals surface area contributed by atoms with Crippen LogP contribution >= 0.6 is 0 Å². The standard InChI is InChI=1S/C33H41N3O6S/c1-4-18-34-33(38)29(22-26-12-6-5-7-13-26)35(24-27-14-9-8-11-25(27)2)32(37)15-10-19-36(43(3,39)40)28-16-17-30-31(23-28)42-21-20-41-30/h5-9,11-14,16-17,23,29H,4,10,15,18-22,24H2,1-3H3,(H,34,38)/t29-/m1/s1. The van der Waals surface area contributed by atoms with Gasteiger partial charge in [-0.25, -0.2) is 8.42 Å². The maximum absolute atomic E-state index is 14.0. The molecule has 1 aliphatic heterocycles. The minimum Gasteiger partial charge on any atom is -0.486 e. The van der Waals surface area contributed by atoms with Gasteiger partial charge >= 0.3 is 0 Å². The molecular formula is C33H41N3O6S. The van der Waals surface area contributed by atoms with E-state index in [0.29, 0.717) is 43.4 Å². The molecule has 0 unspecified atom stereocenters. The lowest BCUT2D eigenvalue weighted by molar-refractivity contribution is -0.141. The summed E-state index contributed by atoms with van der Waals surface area (Å²) in [7, 11) is -3.65. The normalized spacial score (nSPS) is 13.2. The molecule has 230 valence electrons. The molecule has 1 heterocycles. The molecule has 2 amide bonds. The molecule has 0 fully saturated rings. The molecule has 0 saturated heterocycles. The lowest BCUT2D eigenvalue weighted by Gasteiger charge is -2.32. The van der Waals surface area contributed by atoms with Crippen LogP contribution in [0.4, 0.5) is 5.69 Å². The van der Waals surface area contributed by atoms with Crippen LogP contribution in [0.25, 0.3) is 0 Å². The third-order valence-corrected chi connectivity index (χ3v) is 8.58. The van der Waals surface area contributed by atoms with Gasteiger partial charge in [-0.3, -0.25) is 13.9 Å². The maximum atomic E-state index is 14.0. The second kappa shape index (κ2) is 14.9. The van der Waals surface area contributed by atoms with E-state index < -0.39 is 16.1 Å². The zero-order chi connectivity index (χ0) is 30.8. The van der Waals surface area contributed by atoms with Crippen LogP contribution in [0.1, 0.15) is 42.9 Å². The molecule has 0 bridgehead atoms. The molecule has 1 aliphatic rings. The van der Waals surface area contributed by atoms with Crippen LogP contribution in [0.3, 0.4) is 0 Å². The van der Waals surface area contributed by atoms with Crippen molar-refractivity contribution in [2.45, 2.75) is 52.1 Å². The molecule has 4 rings (SSSR count). The van der Waals surface area contributed by atoms with Gasteiger partial charge in [-0.2, -0.15) is 0 Å². The molecule has 0 saturated carbocycles. The van der Waals surface area contributed by atoms with Gasteiger partial charge in [0.25, 0.3) is 0 Å². The SMILES string of the molecule is CCCNC(=O)[C@@H](Cc1ccccc1)N(Cc1ccccc1C)C(=O)CCCN(c1ccc2c(c1)OCCO2)S(C)(=O)=O. The van der Waals surface area contributed by atoms with E-state index in [9.17, 15) is 18.0 Å². The summed E-state index contributed by atoms with van der Waals surface area (Å²) >= 11 is 0. The Bertz CT molecular complexity index is 1500. The van der Waals surface area contributed by atoms with Crippen molar-refractivity contribution in [2.24, 2.45) is 0 Å². The highest BCUT2D eigenvalue weighted by atomic mass is 32.2. The fourth-order valence-corrected chi connectivity index (χ4v) is 6.04. The molecular weight excluding hydrogens is 566 g/mol. The van der Waals surface area contributed by atoms with Gasteiger partial charge in [0, 0.05) is 38.5 Å². The number of ether oxygens (including phenoxy) is 2. The number of benzene rings is 3. The Labute approximate surface area is 254 Å². The summed E-state index contributed by atoms with van der Waals surface area (Å²) < 4.78 is 38.1. The van der Waals surface area contributed by atoms with Crippen LogP contribution in [0.2, 0.25) is 0 Å². The number of hydrogen-bond acceptors (Lipinski definition) is 6. The molecule has 0 spiro atoms. The third kappa shape index (κ3) is 8.73. The quantitative estimate of drug-likeness (QED) is 0.290. The Hall–Kier alpha value is -4.05. The van der Waals surface area contributed by atoms with E-state index >= 15 is 0 Å². The molecule has 0 aliphatic carbocycles. The van der Waals surface area contributed by atoms with Gasteiger partial charge in [-0.05, 0) is 48.6 Å². The van der Waals surface area contributed by atoms with Crippen molar-refractivity contribution in [3.8, 4) is 11.5 Å². The Morgan fingerprint density at radius 2 is 1.65 bits per heavy atom. The summed E-state index contributed by atoms with van der Waals surface area (Å²) in [4.78, 5) is 29.1. The van der Waals surface area contributed by atoms with Crippen molar-refractivity contribution in [1.29, 1.82) is 0 Å². The van der Waals surface area contributed by atoms with Gasteiger partial charge in [0.2, 0.25) is 21.8 Å². The highest BCUT2D eigenvalue weighted by Crippen LogP contribution is 2.35. The van der Waals surface area contributed by atoms with Gasteiger partial charge < -0.3 is 19.7 Å². The van der Waals surface area contributed by atoms with Crippen molar-refractivity contribution in [1.82, 2.24) is 10.2 Å². The van der Waals surface area contributed by atoms with Gasteiger partial charge in [0.15, 0.2) is 11.5 Å². The molecule has 0 aromatic heterocycles. The number of aryl methyl sites for hydroxylation is 1. The minimum atomic E-state index is -3.65. The number of nitrogens with one attached hydrogen (secondary N) is 1. The number of sulfonamides is 1. The molecule has 43 heavy (non-hydrogen) atoms. The average molecular weight is 608 g/mol. The highest BCUT2D eigenvalue weighted by Gasteiger charge is 2.31. The topological polar surface area (TPSA) is 105 Å². The fourth-order valence-electron chi connectivity index (χ4n) is 5.08. The zero-order valence-corrected chi connectivity index (χ0v) is 25.9. The number of anilines is 1. The second-order valence-corrected chi connectivity index (χ2v) is 12.6. The predicted octanol–water partition coefficient (Wildman–Crippen LogP) is 4.48. The van der Waals surface area contributed by atoms with Crippen LogP contribution in [-0.2, 0) is 32.6 Å². The van der Waals surface area contributed by atoms with Gasteiger partial charge in [-0.1, -0.05) is 61.5 Å². The van der Waals surface area contributed by atoms with E-state index in [4.69, 9.17) is 9.47 Å². The maximum Gasteiger partial charge on any atom is 0.243 e. The van der Waals surface area contributed by atoms with Gasteiger partial charge in [0.1, 0.15) is 19.3 Å². The highest BCUT2D eigenvalue weighted by molar-refractivity contribution is 7.92. The first kappa shape index (κ1) is 31.9. The summed E-state index contributed by atoms with van der Waals surface area (Å²) in [5.41, 5.74) is 3.36. The van der Waals surface area contributed by atoms with Crippen LogP contribution in [0, 0.1) is 6.92 Å². The van der Waals surface area contributed by atoms with Gasteiger partial charge in [-0.15, -0.1) is 0 Å². The molecule has 9 nitrogen and oxygen atoms in total. The summed E-state index contributed by atoms with van der Waals surface area (Å²) in [6.45, 7) is 5.65. The average Bonchev–Trinajstić information content (AvgIpc) is 3.00. The van der Waals surface area contributed by atoms with Crippen molar-refractivity contribution < 1.29 is 27.5 Å². The Morgan fingerprint density at radius 1 is 0.953 bits per heavy atom. The Balaban J connectivity index is 1.57. The van der Waals surface area contributed by atoms with E-state index in [1.165, 1.54) is 4.31 Å². The van der Waals surface area contributed by atoms with E-state index in [2.05, 4.69) is 5.32 Å². The van der Waals surface area contributed by atoms with Crippen LogP contribution in [0.15, 0.2) is 72.8 Å². The smallest absolute Gasteiger partial charge is 0.243 e. The summed E-state index contributed by atoms with van der Waals surface area (Å²) in [5.74, 6) is 0.629. The monoisotopic (exact) mass is 607 g/mol. The lowest BCUT2D eigenvalue weighted by Crippen LogP contribution is -2.50. The first-order chi connectivity index (χ1) is 20.7. The second-order valence-electron chi connectivity index (χ2n) is 10.7. The summed E-state index contributed by atoms with van der Waals surface area (Å²) in [6.07, 6.45) is 2.61. The number of carbonyl (C=O) groups excluding carboxylic acids is 2. The number of rotatable bonds is 14. The van der Waals surface area contributed by atoms with E-state index in [1.54, 1.807) is 23.1 Å². The molecule has 1 atom stereocenters. The van der Waals surface area contributed by atoms with Crippen LogP contribution < -0.4 is 19.1 Å². The number of nitrogens with zero attached hydrogens (tertiary/aromatic N) is 2. The third-order valence-electron chi connectivity index (χ3n) is 7.39. The van der Waals surface area contributed by atoms with Gasteiger partial charge in [0.05, 0.1) is 11.9 Å². The lowest BCUT2D eigenvalue weighted by atomic mass is 10.0. The predicted molar refractivity (Wildman–Crippen MR) is 168 cm³/mol. The van der Waals surface area contributed by atoms with E-state index in [-0.39, 0.29) is 37.7 Å². The van der Waals surface area contributed by atoms with Crippen molar-refractivity contribution in [2.75, 3.05) is 36.9 Å². The minimum absolute atomic E-state index is 0.0643. The molecule has 3 aromatic carbocycles. The van der Waals surface area contributed by atoms with Crippen LogP contribution in [0.5, 0.6) is 11.5 Å². The van der Waals surface area contributed by atoms with E-state index in [1.807, 2.05) is 68.4 Å². The molecule has 3 aromatic rings. The number of fused-ring (bicyclic) bond motifs is 1. The first-order valence-electron chi connectivity index (χ1n) is 14.7. The van der Waals surface area contributed by atoms with Crippen molar-refractivity contribution in [3.05, 3.63) is 89.5 Å². The van der Waals surface area contributed by atoms with E-state index in [0.717, 1.165) is 29.4 Å². The van der Waals surface area contributed by atoms with Crippen molar-refractivity contribution in [3.63, 3.8) is 0 Å². The number of carbonyl (C=O) groups is 2. The van der Waals surface area contributed by atoms with Crippen molar-refractivity contribution >= 4 is 27.5 Å². The molecule has 1 N–H and O–H groups in total.